The first kappa shape index (κ1) is 49.2. The summed E-state index contributed by atoms with van der Waals surface area (Å²) in [5, 5.41) is 34.9. The van der Waals surface area contributed by atoms with E-state index in [1.807, 2.05) is 30.4 Å². The molecule has 0 bridgehead atoms. The first-order valence-electron chi connectivity index (χ1n) is 17.7. The van der Waals surface area contributed by atoms with Crippen molar-refractivity contribution in [2.24, 2.45) is 0 Å². The molecule has 0 atom stereocenters. The molecule has 1 fully saturated rings. The number of carboxylic acid groups (broad SMARTS) is 3. The first-order valence-corrected chi connectivity index (χ1v) is 17.7. The van der Waals surface area contributed by atoms with Crippen LogP contribution in [0.1, 0.15) is 74.1 Å². The van der Waals surface area contributed by atoms with Crippen LogP contribution in [0.5, 0.6) is 0 Å². The zero-order valence-corrected chi connectivity index (χ0v) is 31.1. The van der Waals surface area contributed by atoms with E-state index in [4.69, 9.17) is 14.7 Å². The Morgan fingerprint density at radius 1 is 0.667 bits per heavy atom. The molecule has 1 aromatic carbocycles. The van der Waals surface area contributed by atoms with Gasteiger partial charge in [0.2, 0.25) is 0 Å². The van der Waals surface area contributed by atoms with Gasteiger partial charge in [0.05, 0.1) is 13.1 Å². The number of unbranched alkanes of at least 4 members (excludes halogenated alkanes) is 2. The normalized spacial score (nSPS) is 14.7. The van der Waals surface area contributed by atoms with Crippen molar-refractivity contribution in [1.82, 2.24) is 35.6 Å². The molecule has 0 saturated carbocycles. The summed E-state index contributed by atoms with van der Waals surface area (Å²) >= 11 is 0. The van der Waals surface area contributed by atoms with Gasteiger partial charge < -0.3 is 41.0 Å². The molecule has 2 amide bonds. The molecule has 1 saturated heterocycles. The van der Waals surface area contributed by atoms with E-state index < -0.39 is 11.9 Å². The number of hydrogen-bond donors (Lipinski definition) is 6. The average Bonchev–Trinajstić information content (AvgIpc) is 3.12. The summed E-state index contributed by atoms with van der Waals surface area (Å²) in [6.45, 7) is 18.7. The summed E-state index contributed by atoms with van der Waals surface area (Å²) in [7, 11) is 0. The summed E-state index contributed by atoms with van der Waals surface area (Å²) in [6.07, 6.45) is 3.65. The van der Waals surface area contributed by atoms with Crippen molar-refractivity contribution in [2.45, 2.75) is 53.4 Å². The Morgan fingerprint density at radius 3 is 1.39 bits per heavy atom. The molecule has 6 N–H and O–H groups in total. The number of likely N-dealkylation sites (N-methyl/N-ethyl adjacent to an activating group) is 1. The number of carbonyl (C=O) groups excluding carboxylic acids is 3. The molecule has 0 spiro atoms. The number of rotatable bonds is 17. The predicted octanol–water partition coefficient (Wildman–Crippen LogP) is 1.23. The van der Waals surface area contributed by atoms with Gasteiger partial charge in [-0.05, 0) is 56.6 Å². The van der Waals surface area contributed by atoms with Crippen LogP contribution in [0.4, 0.5) is 0 Å². The standard InChI is InChI=1S/C31H53N7O6.C2H6.CH2O2.CH2O/c1-3-5-13-33-30(43)26-8-10-27(11-9-26)31(44)34-14-7-6-12-32-25-38-21-16-35(4-2)15-17-36(23-28(39)40)18-19-37(20-22-38)24-29(41)42;1-2;2-1-3;1-2/h8-11,32H,3-7,12-25H2,1-2H3,(H,33,43)(H,34,44)(H,39,40)(H,41,42);1-2H3;1H,(H,2,3);1H2. The highest BCUT2D eigenvalue weighted by Gasteiger charge is 2.18. The molecule has 0 radical (unpaired) electrons. The quantitative estimate of drug-likeness (QED) is 0.0986. The number of aliphatic carboxylic acids is 2. The predicted molar refractivity (Wildman–Crippen MR) is 197 cm³/mol. The highest BCUT2D eigenvalue weighted by Crippen LogP contribution is 2.05. The molecular weight excluding hydrogens is 662 g/mol. The molecule has 16 heteroatoms. The monoisotopic (exact) mass is 725 g/mol. The lowest BCUT2D eigenvalue weighted by molar-refractivity contribution is -0.140. The van der Waals surface area contributed by atoms with Gasteiger partial charge in [0, 0.05) is 83.2 Å². The maximum atomic E-state index is 12.5. The number of nitrogens with zero attached hydrogens (tertiary/aromatic N) is 4. The average molecular weight is 726 g/mol. The Kier molecular flexibility index (Phi) is 32.0. The van der Waals surface area contributed by atoms with Gasteiger partial charge in [-0.15, -0.1) is 0 Å². The fourth-order valence-corrected chi connectivity index (χ4v) is 4.92. The molecule has 1 aliphatic rings. The number of carbonyl (C=O) groups is 6. The van der Waals surface area contributed by atoms with Gasteiger partial charge in [-0.25, -0.2) is 0 Å². The van der Waals surface area contributed by atoms with Gasteiger partial charge in [0.15, 0.2) is 0 Å². The maximum absolute atomic E-state index is 12.5. The molecule has 292 valence electrons. The summed E-state index contributed by atoms with van der Waals surface area (Å²) in [5.74, 6) is -2.06. The van der Waals surface area contributed by atoms with E-state index in [2.05, 4.69) is 39.6 Å². The molecule has 1 heterocycles. The third-order valence-electron chi connectivity index (χ3n) is 7.72. The van der Waals surface area contributed by atoms with Gasteiger partial charge in [-0.3, -0.25) is 38.7 Å². The fourth-order valence-electron chi connectivity index (χ4n) is 4.92. The minimum atomic E-state index is -0.891. The Hall–Kier alpha value is -3.96. The molecule has 2 rings (SSSR count). The van der Waals surface area contributed by atoms with Crippen molar-refractivity contribution < 1.29 is 44.1 Å². The van der Waals surface area contributed by atoms with E-state index in [1.165, 1.54) is 0 Å². The van der Waals surface area contributed by atoms with Gasteiger partial charge in [0.25, 0.3) is 18.3 Å². The van der Waals surface area contributed by atoms with Gasteiger partial charge in [-0.2, -0.15) is 0 Å². The largest absolute Gasteiger partial charge is 0.483 e. The van der Waals surface area contributed by atoms with Crippen LogP contribution in [0.15, 0.2) is 24.3 Å². The number of amides is 2. The zero-order valence-electron chi connectivity index (χ0n) is 31.1. The van der Waals surface area contributed by atoms with E-state index in [0.717, 1.165) is 58.4 Å². The second-order valence-corrected chi connectivity index (χ2v) is 11.3. The molecule has 1 aliphatic heterocycles. The number of hydrogen-bond acceptors (Lipinski definition) is 11. The lowest BCUT2D eigenvalue weighted by Crippen LogP contribution is -2.49. The Labute approximate surface area is 303 Å². The third-order valence-corrected chi connectivity index (χ3v) is 7.72. The highest BCUT2D eigenvalue weighted by molar-refractivity contribution is 5.97. The lowest BCUT2D eigenvalue weighted by Gasteiger charge is -2.33. The van der Waals surface area contributed by atoms with Gasteiger partial charge in [-0.1, -0.05) is 34.1 Å². The minimum absolute atomic E-state index is 0.0510. The van der Waals surface area contributed by atoms with E-state index in [0.29, 0.717) is 63.6 Å². The number of carboxylic acids is 2. The van der Waals surface area contributed by atoms with Crippen molar-refractivity contribution in [1.29, 1.82) is 0 Å². The Balaban J connectivity index is 0. The zero-order chi connectivity index (χ0) is 38.9. The van der Waals surface area contributed by atoms with E-state index in [1.54, 1.807) is 24.3 Å². The van der Waals surface area contributed by atoms with Crippen LogP contribution in [0.3, 0.4) is 0 Å². The summed E-state index contributed by atoms with van der Waals surface area (Å²) in [6, 6.07) is 6.69. The van der Waals surface area contributed by atoms with Gasteiger partial charge in [0.1, 0.15) is 6.79 Å². The van der Waals surface area contributed by atoms with Crippen molar-refractivity contribution in [2.75, 3.05) is 98.3 Å². The smallest absolute Gasteiger partial charge is 0.317 e. The molecule has 16 nitrogen and oxygen atoms in total. The molecule has 51 heavy (non-hydrogen) atoms. The lowest BCUT2D eigenvalue weighted by atomic mass is 10.1. The maximum Gasteiger partial charge on any atom is 0.317 e. The van der Waals surface area contributed by atoms with Crippen LogP contribution >= 0.6 is 0 Å². The van der Waals surface area contributed by atoms with Gasteiger partial charge >= 0.3 is 11.9 Å². The molecule has 0 unspecified atom stereocenters. The second kappa shape index (κ2) is 33.2. The Morgan fingerprint density at radius 2 is 1.02 bits per heavy atom. The number of benzene rings is 1. The third kappa shape index (κ3) is 25.6. The SMILES string of the molecule is C=O.CC.CCCCNC(=O)c1ccc(C(=O)NCCCCNCN2CCN(CC)CCN(CC(=O)O)CCN(CC(=O)O)CC2)cc1.O=CO. The van der Waals surface area contributed by atoms with E-state index >= 15 is 0 Å². The number of nitrogens with one attached hydrogen (secondary N) is 3. The first-order chi connectivity index (χ1) is 24.6. The topological polar surface area (TPSA) is 212 Å². The molecular formula is C35H63N7O9. The minimum Gasteiger partial charge on any atom is -0.483 e. The summed E-state index contributed by atoms with van der Waals surface area (Å²) < 4.78 is 0. The summed E-state index contributed by atoms with van der Waals surface area (Å²) in [5.41, 5.74) is 1.07. The molecule has 0 aromatic heterocycles. The van der Waals surface area contributed by atoms with Crippen molar-refractivity contribution >= 4 is 37.0 Å². The second-order valence-electron chi connectivity index (χ2n) is 11.3. The summed E-state index contributed by atoms with van der Waals surface area (Å²) in [4.78, 5) is 72.1. The van der Waals surface area contributed by atoms with E-state index in [9.17, 15) is 29.4 Å². The van der Waals surface area contributed by atoms with Crippen LogP contribution < -0.4 is 16.0 Å². The Bertz CT molecular complexity index is 1080. The molecule has 0 aliphatic carbocycles. The highest BCUT2D eigenvalue weighted by atomic mass is 16.4. The van der Waals surface area contributed by atoms with Crippen LogP contribution in [0.25, 0.3) is 0 Å². The molecule has 1 aromatic rings. The van der Waals surface area contributed by atoms with Crippen LogP contribution in [0, 0.1) is 0 Å². The van der Waals surface area contributed by atoms with Crippen molar-refractivity contribution in [3.8, 4) is 0 Å². The van der Waals surface area contributed by atoms with Crippen LogP contribution in [0.2, 0.25) is 0 Å². The van der Waals surface area contributed by atoms with Crippen LogP contribution in [-0.2, 0) is 19.2 Å². The van der Waals surface area contributed by atoms with Crippen LogP contribution in [-0.4, -0.2) is 170 Å². The van der Waals surface area contributed by atoms with Crippen molar-refractivity contribution in [3.63, 3.8) is 0 Å². The van der Waals surface area contributed by atoms with E-state index in [-0.39, 0.29) is 31.4 Å². The fraction of sp³-hybridized carbons (Fsp3) is 0.657. The van der Waals surface area contributed by atoms with Crippen molar-refractivity contribution in [3.05, 3.63) is 35.4 Å².